The van der Waals surface area contributed by atoms with E-state index in [0.717, 1.165) is 56.0 Å². The number of rotatable bonds is 22. The van der Waals surface area contributed by atoms with E-state index in [1.807, 2.05) is 13.8 Å². The third-order valence-electron chi connectivity index (χ3n) is 13.3. The third-order valence-corrected chi connectivity index (χ3v) is 13.3. The minimum Gasteiger partial charge on any atom is -0.462 e. The molecular weight excluding hydrogens is 1050 g/mol. The Bertz CT molecular complexity index is 2880. The van der Waals surface area contributed by atoms with E-state index in [4.69, 9.17) is 22.3 Å². The highest BCUT2D eigenvalue weighted by molar-refractivity contribution is 6.05. The first-order chi connectivity index (χ1) is 38.0. The van der Waals surface area contributed by atoms with Gasteiger partial charge in [0.15, 0.2) is 0 Å². The quantitative estimate of drug-likeness (QED) is 0.0338. The molecule has 0 saturated carbocycles. The number of amides is 6. The van der Waals surface area contributed by atoms with Crippen molar-refractivity contribution in [1.29, 1.82) is 0 Å². The molecule has 0 radical (unpaired) electrons. The zero-order valence-corrected chi connectivity index (χ0v) is 44.8. The van der Waals surface area contributed by atoms with E-state index in [-0.39, 0.29) is 73.3 Å². The van der Waals surface area contributed by atoms with E-state index in [1.165, 1.54) is 26.0 Å². The van der Waals surface area contributed by atoms with Crippen LogP contribution in [0.4, 0.5) is 47.3 Å². The average molecular weight is 1110 g/mol. The first-order valence-electron chi connectivity index (χ1n) is 25.7. The van der Waals surface area contributed by atoms with E-state index >= 15 is 0 Å². The molecule has 80 heavy (non-hydrogen) atoms. The van der Waals surface area contributed by atoms with Crippen LogP contribution in [0.3, 0.4) is 0 Å². The van der Waals surface area contributed by atoms with Crippen LogP contribution in [0.15, 0.2) is 120 Å². The summed E-state index contributed by atoms with van der Waals surface area (Å²) in [5, 5.41) is 5.50. The molecule has 0 bridgehead atoms. The fourth-order valence-corrected chi connectivity index (χ4v) is 9.10. The number of nitrogens with one attached hydrogen (secondary N) is 2. The molecule has 422 valence electrons. The van der Waals surface area contributed by atoms with Crippen molar-refractivity contribution < 1.29 is 64.6 Å². The predicted octanol–water partition coefficient (Wildman–Crippen LogP) is 9.75. The number of terminal acetylenes is 2. The summed E-state index contributed by atoms with van der Waals surface area (Å²) in [5.41, 5.74) is -1.07. The van der Waals surface area contributed by atoms with Gasteiger partial charge in [0.1, 0.15) is 13.1 Å². The van der Waals surface area contributed by atoms with Gasteiger partial charge in [-0.1, -0.05) is 74.9 Å². The van der Waals surface area contributed by atoms with Gasteiger partial charge >= 0.3 is 36.4 Å². The molecule has 2 aliphatic rings. The lowest BCUT2D eigenvalue weighted by atomic mass is 9.92. The molecule has 4 aromatic rings. The molecule has 0 aliphatic carbocycles. The Balaban J connectivity index is 1.19. The molecule has 15 nitrogen and oxygen atoms in total. The summed E-state index contributed by atoms with van der Waals surface area (Å²) in [6.07, 6.45) is 4.01. The van der Waals surface area contributed by atoms with Crippen LogP contribution in [-0.2, 0) is 41.0 Å². The van der Waals surface area contributed by atoms with Crippen molar-refractivity contribution in [2.24, 2.45) is 0 Å². The van der Waals surface area contributed by atoms with Crippen LogP contribution >= 0.6 is 0 Å². The number of nitrogens with zero attached hydrogens (tertiary/aromatic N) is 5. The Kier molecular flexibility index (Phi) is 20.4. The van der Waals surface area contributed by atoms with Crippen LogP contribution in [0.5, 0.6) is 0 Å². The molecule has 2 aliphatic heterocycles. The maximum atomic E-state index is 14.7. The highest BCUT2D eigenvalue weighted by atomic mass is 19.4. The van der Waals surface area contributed by atoms with Gasteiger partial charge in [-0.3, -0.25) is 19.4 Å². The molecule has 2 heterocycles. The van der Waals surface area contributed by atoms with E-state index < -0.39 is 84.5 Å². The number of unbranched alkanes of at least 4 members (excludes halogenated alkanes) is 2. The van der Waals surface area contributed by atoms with Crippen molar-refractivity contribution in [3.63, 3.8) is 0 Å². The van der Waals surface area contributed by atoms with Gasteiger partial charge < -0.3 is 34.8 Å². The number of ether oxygens (including phenoxy) is 2. The second-order valence-electron chi connectivity index (χ2n) is 18.9. The molecule has 6 amide bonds. The molecule has 0 saturated heterocycles. The Morgan fingerprint density at radius 1 is 0.600 bits per heavy atom. The molecule has 0 unspecified atom stereocenters. The number of hydrogen-bond donors (Lipinski definition) is 2. The summed E-state index contributed by atoms with van der Waals surface area (Å²) in [6.45, 7) is 5.60. The Morgan fingerprint density at radius 2 is 0.963 bits per heavy atom. The summed E-state index contributed by atoms with van der Waals surface area (Å²) >= 11 is 0. The van der Waals surface area contributed by atoms with Crippen LogP contribution in [0.25, 0.3) is 0 Å². The monoisotopic (exact) mass is 1110 g/mol. The molecular formula is C59H61F6N7O8. The first-order valence-corrected chi connectivity index (χ1v) is 25.7. The highest BCUT2D eigenvalue weighted by Crippen LogP contribution is 2.43. The number of halogens is 6. The third kappa shape index (κ3) is 14.6. The zero-order valence-electron chi connectivity index (χ0n) is 44.8. The molecule has 0 fully saturated rings. The van der Waals surface area contributed by atoms with Gasteiger partial charge in [0.2, 0.25) is 11.8 Å². The number of alkyl halides is 6. The van der Waals surface area contributed by atoms with Crippen molar-refractivity contribution in [1.82, 2.24) is 25.3 Å². The minimum atomic E-state index is -4.78. The summed E-state index contributed by atoms with van der Waals surface area (Å²) in [4.78, 5) is 90.9. The summed E-state index contributed by atoms with van der Waals surface area (Å²) in [5.74, 6) is 1.91. The summed E-state index contributed by atoms with van der Waals surface area (Å²) in [6, 6.07) is 16.3. The van der Waals surface area contributed by atoms with Gasteiger partial charge in [0.05, 0.1) is 58.9 Å². The van der Waals surface area contributed by atoms with Gasteiger partial charge in [-0.2, -0.15) is 26.3 Å². The number of esters is 2. The lowest BCUT2D eigenvalue weighted by Gasteiger charge is -2.42. The summed E-state index contributed by atoms with van der Waals surface area (Å²) in [7, 11) is 1.68. The largest absolute Gasteiger partial charge is 0.462 e. The van der Waals surface area contributed by atoms with Crippen molar-refractivity contribution in [2.75, 3.05) is 69.3 Å². The zero-order chi connectivity index (χ0) is 58.5. The molecule has 21 heteroatoms. The topological polar surface area (TPSA) is 161 Å². The van der Waals surface area contributed by atoms with Crippen molar-refractivity contribution in [2.45, 2.75) is 77.8 Å². The van der Waals surface area contributed by atoms with Gasteiger partial charge in [0.25, 0.3) is 0 Å². The predicted molar refractivity (Wildman–Crippen MR) is 287 cm³/mol. The number of anilines is 2. The number of hydrogen-bond acceptors (Lipinski definition) is 9. The lowest BCUT2D eigenvalue weighted by molar-refractivity contribution is -0.141. The minimum absolute atomic E-state index is 0.00623. The lowest BCUT2D eigenvalue weighted by Crippen LogP contribution is -2.54. The molecule has 2 N–H and O–H groups in total. The standard InChI is InChI=1S/C59H61F6N7O8/c1-8-12-32-79-54(75)50-38(5)71(46-18-14-16-44(34-46)58(60,61)62)56(77)69(52(50)42-24-20-40(10-3)21-25-42)36-48(73)66-28-30-68(7)31-29-67-49(74)37-70-53(43-26-22-41(11-4)23-27-43)51(55(76)80-33-13-9-2)39(6)72(57(70)78)47-19-15-17-45(35-47)59(63,64)65/h3-4,14-27,34-35,52-53H,8-9,12-13,28-33,36-37H2,1-2,5-7H3,(H,66,73)(H,67,74)/t52-,53-/m1/s1. The smallest absolute Gasteiger partial charge is 0.416 e. The van der Waals surface area contributed by atoms with Gasteiger partial charge in [-0.05, 0) is 106 Å². The molecule has 4 aromatic carbocycles. The van der Waals surface area contributed by atoms with E-state index in [0.29, 0.717) is 47.9 Å². The number of benzene rings is 4. The van der Waals surface area contributed by atoms with Crippen LogP contribution < -0.4 is 20.4 Å². The van der Waals surface area contributed by atoms with Crippen LogP contribution in [0, 0.1) is 24.7 Å². The number of likely N-dealkylation sites (N-methyl/N-ethyl adjacent to an activating group) is 1. The first kappa shape index (κ1) is 60.7. The second-order valence-corrected chi connectivity index (χ2v) is 18.9. The maximum Gasteiger partial charge on any atom is 0.416 e. The molecule has 2 atom stereocenters. The van der Waals surface area contributed by atoms with Crippen molar-refractivity contribution >= 4 is 47.2 Å². The van der Waals surface area contributed by atoms with Gasteiger partial charge in [0, 0.05) is 48.7 Å². The molecule has 6 rings (SSSR count). The second kappa shape index (κ2) is 26.9. The van der Waals surface area contributed by atoms with E-state index in [9.17, 15) is 55.1 Å². The summed E-state index contributed by atoms with van der Waals surface area (Å²) < 4.78 is 95.3. The van der Waals surface area contributed by atoms with E-state index in [2.05, 4.69) is 22.5 Å². The van der Waals surface area contributed by atoms with Crippen molar-refractivity contribution in [3.8, 4) is 24.7 Å². The SMILES string of the molecule is C#Cc1ccc([C@@H]2C(C(=O)OCCCC)=C(C)N(c3cccc(C(F)(F)F)c3)C(=O)N2CC(=O)NCCN(C)CCNC(=O)CN2C(=O)N(c3cccc(C(F)(F)F)c3)C(C)=C(C(=O)OCCCC)[C@H]2c2ccc(C#C)cc2)cc1. The number of allylic oxidation sites excluding steroid dienone is 2. The Labute approximate surface area is 460 Å². The average Bonchev–Trinajstić information content (AvgIpc) is 3.61. The number of carbonyl (C=O) groups excluding carboxylic acids is 6. The fourth-order valence-electron chi connectivity index (χ4n) is 9.10. The Morgan fingerprint density at radius 3 is 1.29 bits per heavy atom. The highest BCUT2D eigenvalue weighted by Gasteiger charge is 2.46. The number of urea groups is 2. The van der Waals surface area contributed by atoms with Crippen LogP contribution in [0.1, 0.15) is 98.8 Å². The Hall–Kier alpha value is -8.56. The maximum absolute atomic E-state index is 14.7. The number of carbonyl (C=O) groups is 6. The fraction of sp³-hybridized carbons (Fsp3) is 0.356. The normalized spacial score (nSPS) is 15.9. The molecule has 0 aromatic heterocycles. The molecule has 0 spiro atoms. The van der Waals surface area contributed by atoms with Crippen LogP contribution in [0.2, 0.25) is 0 Å². The van der Waals surface area contributed by atoms with Crippen molar-refractivity contribution in [3.05, 3.63) is 153 Å². The van der Waals surface area contributed by atoms with Gasteiger partial charge in [-0.25, -0.2) is 19.2 Å². The van der Waals surface area contributed by atoms with Gasteiger partial charge in [-0.15, -0.1) is 12.8 Å². The van der Waals surface area contributed by atoms with E-state index in [1.54, 1.807) is 60.5 Å². The van der Waals surface area contributed by atoms with Crippen LogP contribution in [-0.4, -0.2) is 110 Å².